The molecule has 0 saturated carbocycles. The molecule has 0 aliphatic rings. The second kappa shape index (κ2) is 6.12. The molecule has 3 heteroatoms. The molecule has 0 amide bonds. The molecule has 1 aromatic carbocycles. The summed E-state index contributed by atoms with van der Waals surface area (Å²) in [5, 5.41) is 3.43. The first-order valence-electron chi connectivity index (χ1n) is 6.24. The molecule has 0 saturated heterocycles. The summed E-state index contributed by atoms with van der Waals surface area (Å²) in [5.74, 6) is -0.126. The first-order chi connectivity index (χ1) is 8.70. The third kappa shape index (κ3) is 3.18. The Balaban J connectivity index is 2.04. The van der Waals surface area contributed by atoms with Crippen LogP contribution in [0, 0.1) is 12.7 Å². The zero-order valence-corrected chi connectivity index (χ0v) is 11.6. The van der Waals surface area contributed by atoms with Crippen LogP contribution in [0.1, 0.15) is 34.7 Å². The molecule has 1 heterocycles. The van der Waals surface area contributed by atoms with Crippen molar-refractivity contribution in [3.8, 4) is 0 Å². The van der Waals surface area contributed by atoms with Crippen LogP contribution in [-0.2, 0) is 6.54 Å². The summed E-state index contributed by atoms with van der Waals surface area (Å²) in [5.41, 5.74) is 0.758. The van der Waals surface area contributed by atoms with Crippen LogP contribution in [0.15, 0.2) is 36.4 Å². The van der Waals surface area contributed by atoms with E-state index in [0.717, 1.165) is 18.5 Å². The molecule has 0 aliphatic carbocycles. The van der Waals surface area contributed by atoms with E-state index in [1.54, 1.807) is 17.4 Å². The first kappa shape index (κ1) is 13.2. The fraction of sp³-hybridized carbons (Fsp3) is 0.333. The number of thiophene rings is 1. The zero-order chi connectivity index (χ0) is 13.0. The van der Waals surface area contributed by atoms with Gasteiger partial charge in [0.05, 0.1) is 0 Å². The highest BCUT2D eigenvalue weighted by molar-refractivity contribution is 7.11. The van der Waals surface area contributed by atoms with Gasteiger partial charge >= 0.3 is 0 Å². The van der Waals surface area contributed by atoms with Gasteiger partial charge in [-0.3, -0.25) is 0 Å². The molecule has 1 aromatic heterocycles. The van der Waals surface area contributed by atoms with E-state index < -0.39 is 0 Å². The van der Waals surface area contributed by atoms with Crippen LogP contribution in [0.5, 0.6) is 0 Å². The van der Waals surface area contributed by atoms with Gasteiger partial charge < -0.3 is 5.32 Å². The van der Waals surface area contributed by atoms with Crippen molar-refractivity contribution >= 4 is 11.3 Å². The summed E-state index contributed by atoms with van der Waals surface area (Å²) < 4.78 is 13.7. The highest BCUT2D eigenvalue weighted by Gasteiger charge is 2.12. The number of aryl methyl sites for hydroxylation is 1. The topological polar surface area (TPSA) is 12.0 Å². The summed E-state index contributed by atoms with van der Waals surface area (Å²) in [6, 6.07) is 11.3. The van der Waals surface area contributed by atoms with E-state index in [0.29, 0.717) is 0 Å². The SMILES string of the molecule is CCC(NCc1ccc(C)s1)c1ccccc1F. The Labute approximate surface area is 112 Å². The molecule has 2 rings (SSSR count). The minimum absolute atomic E-state index is 0.0774. The molecule has 18 heavy (non-hydrogen) atoms. The Morgan fingerprint density at radius 1 is 1.22 bits per heavy atom. The monoisotopic (exact) mass is 263 g/mol. The molecule has 0 spiro atoms. The van der Waals surface area contributed by atoms with Crippen molar-refractivity contribution in [1.82, 2.24) is 5.32 Å². The summed E-state index contributed by atoms with van der Waals surface area (Å²) in [6.07, 6.45) is 0.880. The second-order valence-corrected chi connectivity index (χ2v) is 5.75. The van der Waals surface area contributed by atoms with Crippen molar-refractivity contribution in [2.24, 2.45) is 0 Å². The Morgan fingerprint density at radius 3 is 2.61 bits per heavy atom. The van der Waals surface area contributed by atoms with Crippen LogP contribution in [0.4, 0.5) is 4.39 Å². The van der Waals surface area contributed by atoms with Crippen molar-refractivity contribution in [1.29, 1.82) is 0 Å². The van der Waals surface area contributed by atoms with Crippen LogP contribution in [-0.4, -0.2) is 0 Å². The lowest BCUT2D eigenvalue weighted by molar-refractivity contribution is 0.490. The summed E-state index contributed by atoms with van der Waals surface area (Å²) >= 11 is 1.78. The van der Waals surface area contributed by atoms with Crippen LogP contribution in [0.25, 0.3) is 0 Å². The Morgan fingerprint density at radius 2 is 2.00 bits per heavy atom. The maximum Gasteiger partial charge on any atom is 0.127 e. The van der Waals surface area contributed by atoms with Crippen molar-refractivity contribution in [2.45, 2.75) is 32.9 Å². The summed E-state index contributed by atoms with van der Waals surface area (Å²) in [4.78, 5) is 2.60. The Bertz CT molecular complexity index is 507. The molecule has 0 fully saturated rings. The number of nitrogens with one attached hydrogen (secondary N) is 1. The molecular formula is C15H18FNS. The number of hydrogen-bond donors (Lipinski definition) is 1. The molecule has 1 nitrogen and oxygen atoms in total. The quantitative estimate of drug-likeness (QED) is 0.841. The van der Waals surface area contributed by atoms with Gasteiger partial charge in [-0.25, -0.2) is 4.39 Å². The maximum absolute atomic E-state index is 13.7. The first-order valence-corrected chi connectivity index (χ1v) is 7.05. The molecular weight excluding hydrogens is 245 g/mol. The average molecular weight is 263 g/mol. The Hall–Kier alpha value is -1.19. The van der Waals surface area contributed by atoms with Crippen LogP contribution >= 0.6 is 11.3 Å². The van der Waals surface area contributed by atoms with Crippen molar-refractivity contribution in [3.63, 3.8) is 0 Å². The molecule has 1 N–H and O–H groups in total. The zero-order valence-electron chi connectivity index (χ0n) is 10.7. The van der Waals surface area contributed by atoms with Gasteiger partial charge in [-0.15, -0.1) is 11.3 Å². The summed E-state index contributed by atoms with van der Waals surface area (Å²) in [6.45, 7) is 4.97. The van der Waals surface area contributed by atoms with E-state index in [-0.39, 0.29) is 11.9 Å². The third-order valence-electron chi connectivity index (χ3n) is 3.01. The Kier molecular flexibility index (Phi) is 4.50. The summed E-state index contributed by atoms with van der Waals surface area (Å²) in [7, 11) is 0. The van der Waals surface area contributed by atoms with Gasteiger partial charge in [-0.05, 0) is 31.5 Å². The molecule has 0 aliphatic heterocycles. The van der Waals surface area contributed by atoms with E-state index in [2.05, 4.69) is 31.3 Å². The van der Waals surface area contributed by atoms with Gasteiger partial charge in [-0.1, -0.05) is 25.1 Å². The predicted molar refractivity (Wildman–Crippen MR) is 75.3 cm³/mol. The number of benzene rings is 1. The lowest BCUT2D eigenvalue weighted by Gasteiger charge is -2.17. The van der Waals surface area contributed by atoms with Gasteiger partial charge in [0.2, 0.25) is 0 Å². The minimum Gasteiger partial charge on any atom is -0.305 e. The lowest BCUT2D eigenvalue weighted by atomic mass is 10.0. The van der Waals surface area contributed by atoms with Gasteiger partial charge in [0.1, 0.15) is 5.82 Å². The second-order valence-electron chi connectivity index (χ2n) is 4.38. The number of rotatable bonds is 5. The van der Waals surface area contributed by atoms with Crippen LogP contribution in [0.3, 0.4) is 0 Å². The van der Waals surface area contributed by atoms with Gasteiger partial charge in [0, 0.05) is 27.9 Å². The van der Waals surface area contributed by atoms with Gasteiger partial charge in [-0.2, -0.15) is 0 Å². The molecule has 1 unspecified atom stereocenters. The van der Waals surface area contributed by atoms with E-state index >= 15 is 0 Å². The molecule has 2 aromatic rings. The van der Waals surface area contributed by atoms with Crippen molar-refractivity contribution in [2.75, 3.05) is 0 Å². The fourth-order valence-electron chi connectivity index (χ4n) is 2.04. The minimum atomic E-state index is -0.126. The molecule has 0 radical (unpaired) electrons. The van der Waals surface area contributed by atoms with Crippen LogP contribution in [0.2, 0.25) is 0 Å². The third-order valence-corrected chi connectivity index (χ3v) is 4.01. The molecule has 96 valence electrons. The normalized spacial score (nSPS) is 12.6. The van der Waals surface area contributed by atoms with Crippen molar-refractivity contribution < 1.29 is 4.39 Å². The highest BCUT2D eigenvalue weighted by atomic mass is 32.1. The van der Waals surface area contributed by atoms with E-state index in [9.17, 15) is 4.39 Å². The maximum atomic E-state index is 13.7. The highest BCUT2D eigenvalue weighted by Crippen LogP contribution is 2.21. The van der Waals surface area contributed by atoms with Crippen LogP contribution < -0.4 is 5.32 Å². The predicted octanol–water partition coefficient (Wildman–Crippen LogP) is 4.44. The standard InChI is InChI=1S/C15H18FNS/c1-3-15(13-6-4-5-7-14(13)16)17-10-12-9-8-11(2)18-12/h4-9,15,17H,3,10H2,1-2H3. The molecule has 0 bridgehead atoms. The van der Waals surface area contributed by atoms with E-state index in [4.69, 9.17) is 0 Å². The van der Waals surface area contributed by atoms with Gasteiger partial charge in [0.25, 0.3) is 0 Å². The van der Waals surface area contributed by atoms with Gasteiger partial charge in [0.15, 0.2) is 0 Å². The van der Waals surface area contributed by atoms with E-state index in [1.165, 1.54) is 15.8 Å². The number of hydrogen-bond acceptors (Lipinski definition) is 2. The van der Waals surface area contributed by atoms with Crippen molar-refractivity contribution in [3.05, 3.63) is 57.5 Å². The largest absolute Gasteiger partial charge is 0.305 e. The van der Waals surface area contributed by atoms with E-state index in [1.807, 2.05) is 12.1 Å². The molecule has 1 atom stereocenters. The smallest absolute Gasteiger partial charge is 0.127 e. The average Bonchev–Trinajstić information content (AvgIpc) is 2.78. The fourth-order valence-corrected chi connectivity index (χ4v) is 2.88. The lowest BCUT2D eigenvalue weighted by Crippen LogP contribution is -2.20. The number of halogens is 1.